The molecule has 1 aliphatic rings. The third kappa shape index (κ3) is 5.69. The highest BCUT2D eigenvalue weighted by Crippen LogP contribution is 2.45. The lowest BCUT2D eigenvalue weighted by atomic mass is 9.99. The van der Waals surface area contributed by atoms with Crippen LogP contribution in [0.3, 0.4) is 0 Å². The van der Waals surface area contributed by atoms with E-state index >= 15 is 0 Å². The zero-order valence-corrected chi connectivity index (χ0v) is 32.5. The minimum absolute atomic E-state index is 0.0865. The number of rotatable bonds is 6. The molecule has 0 bridgehead atoms. The van der Waals surface area contributed by atoms with E-state index in [4.69, 9.17) is 14.4 Å². The summed E-state index contributed by atoms with van der Waals surface area (Å²) in [5, 5.41) is 12.8. The minimum Gasteiger partial charge on any atom is -0.453 e. The molecule has 12 rings (SSSR count). The van der Waals surface area contributed by atoms with Crippen molar-refractivity contribution in [3.8, 4) is 28.1 Å². The molecule has 2 atom stereocenters. The molecule has 11 aromatic rings. The van der Waals surface area contributed by atoms with Gasteiger partial charge in [-0.1, -0.05) is 164 Å². The number of hydrogen-bond acceptors (Lipinski definition) is 5. The first-order valence-electron chi connectivity index (χ1n) is 20.4. The number of furan rings is 1. The van der Waals surface area contributed by atoms with Gasteiger partial charge in [0.1, 0.15) is 29.3 Å². The second-order valence-electron chi connectivity index (χ2n) is 15.4. The van der Waals surface area contributed by atoms with Crippen LogP contribution in [0.1, 0.15) is 29.0 Å². The van der Waals surface area contributed by atoms with Gasteiger partial charge in [-0.2, -0.15) is 0 Å². The number of pyridine rings is 1. The van der Waals surface area contributed by atoms with Gasteiger partial charge in [-0.05, 0) is 69.4 Å². The standard InChI is InChI=1S/C54H37N5O/c1-3-14-38(15-4-1)52-56-53(39-16-5-2-6-17-39)58-54(57-52)40-29-25-36(26-30-40)35-23-27-37(28-24-35)48-47-49-51(60-50(47)43-19-9-11-21-45(43)55-48)44-20-10-12-22-46(44)59(49)42-32-31-34-13-7-8-18-41(34)33-42/h1-33,52,54,57H,(H,56,58). The SMILES string of the molecule is c1ccc(C2=NC(c3ccc(-c4ccc(-c5nc6ccccc6c6oc7c8ccccc8n(-c8ccc9ccccc9c8)c7c56)cc4)cc3)NC(c3ccccc3)N2)cc1. The number of amidine groups is 1. The third-order valence-electron chi connectivity index (χ3n) is 11.9. The van der Waals surface area contributed by atoms with E-state index in [1.165, 1.54) is 10.8 Å². The summed E-state index contributed by atoms with van der Waals surface area (Å²) in [4.78, 5) is 10.5. The van der Waals surface area contributed by atoms with Crippen LogP contribution in [0.25, 0.3) is 82.7 Å². The number of aliphatic imine (C=N–C) groups is 1. The second-order valence-corrected chi connectivity index (χ2v) is 15.4. The Balaban J connectivity index is 0.949. The Morgan fingerprint density at radius 1 is 0.500 bits per heavy atom. The van der Waals surface area contributed by atoms with E-state index in [1.807, 2.05) is 18.2 Å². The highest BCUT2D eigenvalue weighted by Gasteiger charge is 2.27. The van der Waals surface area contributed by atoms with E-state index in [9.17, 15) is 0 Å². The maximum absolute atomic E-state index is 6.97. The first-order valence-corrected chi connectivity index (χ1v) is 20.4. The predicted molar refractivity (Wildman–Crippen MR) is 245 cm³/mol. The molecule has 2 N–H and O–H groups in total. The van der Waals surface area contributed by atoms with Crippen molar-refractivity contribution in [1.82, 2.24) is 20.2 Å². The summed E-state index contributed by atoms with van der Waals surface area (Å²) in [7, 11) is 0. The molecule has 60 heavy (non-hydrogen) atoms. The Bertz CT molecular complexity index is 3420. The van der Waals surface area contributed by atoms with Crippen LogP contribution < -0.4 is 10.6 Å². The highest BCUT2D eigenvalue weighted by molar-refractivity contribution is 6.24. The minimum atomic E-state index is -0.221. The molecule has 0 spiro atoms. The van der Waals surface area contributed by atoms with Crippen molar-refractivity contribution in [2.24, 2.45) is 4.99 Å². The number of benzene rings is 8. The lowest BCUT2D eigenvalue weighted by molar-refractivity contribution is 0.409. The normalized spacial score (nSPS) is 15.5. The van der Waals surface area contributed by atoms with Crippen LogP contribution in [-0.2, 0) is 0 Å². The smallest absolute Gasteiger partial charge is 0.161 e. The number of nitrogens with zero attached hydrogens (tertiary/aromatic N) is 3. The molecular formula is C54H37N5O. The van der Waals surface area contributed by atoms with Crippen LogP contribution in [0.15, 0.2) is 210 Å². The quantitative estimate of drug-likeness (QED) is 0.177. The van der Waals surface area contributed by atoms with Crippen LogP contribution in [0.4, 0.5) is 0 Å². The largest absolute Gasteiger partial charge is 0.453 e. The van der Waals surface area contributed by atoms with Gasteiger partial charge in [0.05, 0.1) is 22.1 Å². The van der Waals surface area contributed by atoms with Gasteiger partial charge in [-0.3, -0.25) is 5.32 Å². The van der Waals surface area contributed by atoms with Crippen LogP contribution in [0, 0.1) is 0 Å². The molecule has 8 aromatic carbocycles. The van der Waals surface area contributed by atoms with Gasteiger partial charge < -0.3 is 14.3 Å². The zero-order chi connectivity index (χ0) is 39.6. The summed E-state index contributed by atoms with van der Waals surface area (Å²) in [6.07, 6.45) is -0.307. The van der Waals surface area contributed by atoms with Crippen molar-refractivity contribution in [2.75, 3.05) is 0 Å². The molecule has 0 aliphatic carbocycles. The highest BCUT2D eigenvalue weighted by atomic mass is 16.3. The lowest BCUT2D eigenvalue weighted by Gasteiger charge is -2.32. The average Bonchev–Trinajstić information content (AvgIpc) is 3.87. The summed E-state index contributed by atoms with van der Waals surface area (Å²) in [5.74, 6) is 0.872. The van der Waals surface area contributed by atoms with Crippen molar-refractivity contribution in [3.63, 3.8) is 0 Å². The number of hydrogen-bond donors (Lipinski definition) is 2. The van der Waals surface area contributed by atoms with Crippen LogP contribution >= 0.6 is 0 Å². The van der Waals surface area contributed by atoms with Crippen molar-refractivity contribution in [3.05, 3.63) is 217 Å². The monoisotopic (exact) mass is 771 g/mol. The number of nitrogens with one attached hydrogen (secondary N) is 2. The number of para-hydroxylation sites is 2. The lowest BCUT2D eigenvalue weighted by Crippen LogP contribution is -2.44. The summed E-state index contributed by atoms with van der Waals surface area (Å²) < 4.78 is 9.32. The summed E-state index contributed by atoms with van der Waals surface area (Å²) in [6.45, 7) is 0. The van der Waals surface area contributed by atoms with Gasteiger partial charge in [0.15, 0.2) is 5.58 Å². The van der Waals surface area contributed by atoms with Gasteiger partial charge in [0.25, 0.3) is 0 Å². The van der Waals surface area contributed by atoms with Gasteiger partial charge in [-0.15, -0.1) is 0 Å². The molecule has 0 saturated heterocycles. The molecular weight excluding hydrogens is 735 g/mol. The molecule has 4 heterocycles. The first kappa shape index (κ1) is 34.3. The molecule has 0 amide bonds. The van der Waals surface area contributed by atoms with E-state index in [1.54, 1.807) is 0 Å². The predicted octanol–water partition coefficient (Wildman–Crippen LogP) is 12.9. The van der Waals surface area contributed by atoms with Gasteiger partial charge in [0, 0.05) is 27.6 Å². The van der Waals surface area contributed by atoms with E-state index in [2.05, 4.69) is 197 Å². The van der Waals surface area contributed by atoms with Crippen molar-refractivity contribution in [2.45, 2.75) is 12.3 Å². The first-order chi connectivity index (χ1) is 29.7. The fourth-order valence-corrected chi connectivity index (χ4v) is 8.91. The Kier molecular flexibility index (Phi) is 7.96. The summed E-state index contributed by atoms with van der Waals surface area (Å²) >= 11 is 0. The van der Waals surface area contributed by atoms with Crippen LogP contribution in [-0.4, -0.2) is 15.4 Å². The summed E-state index contributed by atoms with van der Waals surface area (Å²) in [6, 6.07) is 70.3. The maximum atomic E-state index is 6.97. The summed E-state index contributed by atoms with van der Waals surface area (Å²) in [5.41, 5.74) is 13.3. The van der Waals surface area contributed by atoms with Crippen molar-refractivity contribution >= 4 is 60.5 Å². The molecule has 0 fully saturated rings. The Hall–Kier alpha value is -7.80. The van der Waals surface area contributed by atoms with Crippen LogP contribution in [0.5, 0.6) is 0 Å². The Labute approximate surface area is 346 Å². The van der Waals surface area contributed by atoms with Gasteiger partial charge in [-0.25, -0.2) is 9.98 Å². The third-order valence-corrected chi connectivity index (χ3v) is 11.9. The molecule has 6 nitrogen and oxygen atoms in total. The van der Waals surface area contributed by atoms with E-state index < -0.39 is 0 Å². The molecule has 3 aromatic heterocycles. The van der Waals surface area contributed by atoms with E-state index in [-0.39, 0.29) is 12.3 Å². The molecule has 6 heteroatoms. The second kappa shape index (κ2) is 13.9. The molecule has 0 radical (unpaired) electrons. The van der Waals surface area contributed by atoms with Crippen molar-refractivity contribution < 1.29 is 4.42 Å². The number of fused-ring (bicyclic) bond motifs is 8. The number of aromatic nitrogens is 2. The molecule has 284 valence electrons. The molecule has 2 unspecified atom stereocenters. The average molecular weight is 772 g/mol. The zero-order valence-electron chi connectivity index (χ0n) is 32.5. The molecule has 1 aliphatic heterocycles. The van der Waals surface area contributed by atoms with E-state index in [0.717, 1.165) is 94.5 Å². The van der Waals surface area contributed by atoms with Gasteiger partial charge >= 0.3 is 0 Å². The van der Waals surface area contributed by atoms with E-state index in [0.29, 0.717) is 0 Å². The topological polar surface area (TPSA) is 67.4 Å². The van der Waals surface area contributed by atoms with Crippen LogP contribution in [0.2, 0.25) is 0 Å². The molecule has 0 saturated carbocycles. The Morgan fingerprint density at radius 3 is 1.95 bits per heavy atom. The van der Waals surface area contributed by atoms with Crippen molar-refractivity contribution in [1.29, 1.82) is 0 Å². The fourth-order valence-electron chi connectivity index (χ4n) is 8.91. The van der Waals surface area contributed by atoms with Gasteiger partial charge in [0.2, 0.25) is 0 Å². The Morgan fingerprint density at radius 2 is 1.15 bits per heavy atom. The fraction of sp³-hybridized carbons (Fsp3) is 0.0370. The maximum Gasteiger partial charge on any atom is 0.161 e.